The van der Waals surface area contributed by atoms with Crippen LogP contribution in [0, 0.1) is 0 Å². The van der Waals surface area contributed by atoms with Crippen LogP contribution in [0.25, 0.3) is 0 Å². The Balaban J connectivity index is 1.86. The van der Waals surface area contributed by atoms with Crippen molar-refractivity contribution in [1.82, 2.24) is 15.1 Å². The van der Waals surface area contributed by atoms with Gasteiger partial charge in [-0.2, -0.15) is 5.10 Å². The van der Waals surface area contributed by atoms with E-state index >= 15 is 0 Å². The molecule has 1 aromatic carbocycles. The zero-order chi connectivity index (χ0) is 15.5. The second kappa shape index (κ2) is 6.32. The molecule has 1 aliphatic carbocycles. The maximum Gasteiger partial charge on any atom is 0.239 e. The van der Waals surface area contributed by atoms with Crippen molar-refractivity contribution in [3.63, 3.8) is 0 Å². The third-order valence-corrected chi connectivity index (χ3v) is 4.35. The van der Waals surface area contributed by atoms with Crippen LogP contribution >= 0.6 is 0 Å². The first-order valence-electron chi connectivity index (χ1n) is 7.85. The number of carbonyl (C=O) groups is 1. The van der Waals surface area contributed by atoms with Gasteiger partial charge in [-0.3, -0.25) is 14.8 Å². The van der Waals surface area contributed by atoms with Crippen LogP contribution in [0.1, 0.15) is 48.7 Å². The van der Waals surface area contributed by atoms with Crippen molar-refractivity contribution in [1.29, 1.82) is 0 Å². The zero-order valence-corrected chi connectivity index (χ0v) is 12.8. The number of rotatable bonds is 5. The third-order valence-electron chi connectivity index (χ3n) is 4.35. The lowest BCUT2D eigenvalue weighted by molar-refractivity contribution is -0.120. The fourth-order valence-corrected chi connectivity index (χ4v) is 3.25. The first-order chi connectivity index (χ1) is 10.7. The number of primary amides is 1. The van der Waals surface area contributed by atoms with E-state index in [2.05, 4.69) is 17.3 Å². The highest BCUT2D eigenvalue weighted by atomic mass is 16.1. The van der Waals surface area contributed by atoms with Gasteiger partial charge in [0.05, 0.1) is 6.20 Å². The Bertz CT molecular complexity index is 650. The van der Waals surface area contributed by atoms with Crippen molar-refractivity contribution in [2.75, 3.05) is 0 Å². The number of carbonyl (C=O) groups excluding carboxylic acids is 1. The molecule has 1 aliphatic rings. The Morgan fingerprint density at radius 2 is 2.23 bits per heavy atom. The molecule has 0 unspecified atom stereocenters. The van der Waals surface area contributed by atoms with Crippen molar-refractivity contribution in [3.8, 4) is 0 Å². The molecule has 0 spiro atoms. The summed E-state index contributed by atoms with van der Waals surface area (Å²) in [5, 5.41) is 7.89. The summed E-state index contributed by atoms with van der Waals surface area (Å²) in [5.41, 5.74) is 9.01. The maximum atomic E-state index is 11.9. The number of nitrogens with zero attached hydrogens (tertiary/aromatic N) is 2. The lowest BCUT2D eigenvalue weighted by atomic mass is 9.91. The summed E-state index contributed by atoms with van der Waals surface area (Å²) in [6.07, 6.45) is 5.07. The van der Waals surface area contributed by atoms with Gasteiger partial charge >= 0.3 is 0 Å². The van der Waals surface area contributed by atoms with Gasteiger partial charge in [0.2, 0.25) is 5.91 Å². The molecule has 5 heteroatoms. The molecule has 0 saturated carbocycles. The Morgan fingerprint density at radius 3 is 2.91 bits per heavy atom. The fraction of sp³-hybridized carbons (Fsp3) is 0.412. The van der Waals surface area contributed by atoms with Gasteiger partial charge in [0.25, 0.3) is 0 Å². The van der Waals surface area contributed by atoms with E-state index in [4.69, 9.17) is 5.73 Å². The molecule has 116 valence electrons. The summed E-state index contributed by atoms with van der Waals surface area (Å²) in [7, 11) is 0. The second-order valence-corrected chi connectivity index (χ2v) is 5.72. The van der Waals surface area contributed by atoms with E-state index in [-0.39, 0.29) is 11.9 Å². The topological polar surface area (TPSA) is 72.9 Å². The molecule has 3 N–H and O–H groups in total. The van der Waals surface area contributed by atoms with Crippen LogP contribution < -0.4 is 11.1 Å². The first kappa shape index (κ1) is 14.8. The van der Waals surface area contributed by atoms with Crippen LogP contribution in [-0.4, -0.2) is 15.7 Å². The van der Waals surface area contributed by atoms with E-state index in [1.54, 1.807) is 0 Å². The minimum absolute atomic E-state index is 0.127. The minimum Gasteiger partial charge on any atom is -0.368 e. The van der Waals surface area contributed by atoms with Crippen LogP contribution in [0.15, 0.2) is 36.5 Å². The van der Waals surface area contributed by atoms with Gasteiger partial charge in [0.1, 0.15) is 6.04 Å². The molecule has 0 bridgehead atoms. The largest absolute Gasteiger partial charge is 0.368 e. The summed E-state index contributed by atoms with van der Waals surface area (Å²) in [6, 6.07) is 9.31. The van der Waals surface area contributed by atoms with E-state index in [9.17, 15) is 4.79 Å². The van der Waals surface area contributed by atoms with Crippen LogP contribution in [0.3, 0.4) is 0 Å². The molecular formula is C17H22N4O. The Hall–Kier alpha value is -2.14. The number of aryl methyl sites for hydroxylation is 1. The smallest absolute Gasteiger partial charge is 0.239 e. The quantitative estimate of drug-likeness (QED) is 0.888. The molecule has 0 aliphatic heterocycles. The molecule has 0 radical (unpaired) electrons. The fourth-order valence-electron chi connectivity index (χ4n) is 3.25. The van der Waals surface area contributed by atoms with Gasteiger partial charge in [-0.25, -0.2) is 0 Å². The first-order valence-corrected chi connectivity index (χ1v) is 7.85. The van der Waals surface area contributed by atoms with Crippen molar-refractivity contribution < 1.29 is 4.79 Å². The van der Waals surface area contributed by atoms with Gasteiger partial charge in [-0.05, 0) is 31.7 Å². The average molecular weight is 298 g/mol. The molecule has 1 amide bonds. The van der Waals surface area contributed by atoms with Crippen LogP contribution in [-0.2, 0) is 17.8 Å². The van der Waals surface area contributed by atoms with Gasteiger partial charge in [0.15, 0.2) is 0 Å². The molecular weight excluding hydrogens is 276 g/mol. The van der Waals surface area contributed by atoms with E-state index in [1.165, 1.54) is 11.3 Å². The van der Waals surface area contributed by atoms with E-state index in [0.717, 1.165) is 31.4 Å². The van der Waals surface area contributed by atoms with Crippen molar-refractivity contribution in [3.05, 3.63) is 53.3 Å². The molecule has 0 saturated heterocycles. The minimum atomic E-state index is -0.470. The molecule has 22 heavy (non-hydrogen) atoms. The monoisotopic (exact) mass is 298 g/mol. The Kier molecular flexibility index (Phi) is 4.24. The molecule has 1 aromatic heterocycles. The summed E-state index contributed by atoms with van der Waals surface area (Å²) in [4.78, 5) is 11.9. The number of aromatic nitrogens is 2. The average Bonchev–Trinajstić information content (AvgIpc) is 2.97. The lowest BCUT2D eigenvalue weighted by Crippen LogP contribution is -2.37. The lowest BCUT2D eigenvalue weighted by Gasteiger charge is -2.28. The van der Waals surface area contributed by atoms with E-state index < -0.39 is 6.04 Å². The van der Waals surface area contributed by atoms with Gasteiger partial charge in [-0.15, -0.1) is 0 Å². The van der Waals surface area contributed by atoms with Crippen LogP contribution in [0.2, 0.25) is 0 Å². The summed E-state index contributed by atoms with van der Waals surface area (Å²) in [6.45, 7) is 2.97. The summed E-state index contributed by atoms with van der Waals surface area (Å²) in [5.74, 6) is -0.346. The SMILES string of the molecule is CCn1ncc2c1CCC[C@H]2N[C@H](C(N)=O)c1ccccc1. The number of amides is 1. The zero-order valence-electron chi connectivity index (χ0n) is 12.8. The standard InChI is InChI=1S/C17H22N4O/c1-2-21-15-10-6-9-14(13(15)11-19-21)20-16(17(18)22)12-7-4-3-5-8-12/h3-5,7-8,11,14,16,20H,2,6,9-10H2,1H3,(H2,18,22)/t14-,16+/m1/s1. The Morgan fingerprint density at radius 1 is 1.45 bits per heavy atom. The highest BCUT2D eigenvalue weighted by molar-refractivity contribution is 5.81. The second-order valence-electron chi connectivity index (χ2n) is 5.72. The molecule has 2 aromatic rings. The highest BCUT2D eigenvalue weighted by Crippen LogP contribution is 2.31. The van der Waals surface area contributed by atoms with Gasteiger partial charge in [-0.1, -0.05) is 30.3 Å². The number of benzene rings is 1. The van der Waals surface area contributed by atoms with Gasteiger partial charge < -0.3 is 5.73 Å². The number of hydrogen-bond acceptors (Lipinski definition) is 3. The van der Waals surface area contributed by atoms with Crippen LogP contribution in [0.4, 0.5) is 0 Å². The highest BCUT2D eigenvalue weighted by Gasteiger charge is 2.28. The van der Waals surface area contributed by atoms with Crippen molar-refractivity contribution in [2.24, 2.45) is 5.73 Å². The van der Waals surface area contributed by atoms with E-state index in [0.29, 0.717) is 0 Å². The van der Waals surface area contributed by atoms with Gasteiger partial charge in [0, 0.05) is 23.8 Å². The molecule has 5 nitrogen and oxygen atoms in total. The van der Waals surface area contributed by atoms with Crippen molar-refractivity contribution >= 4 is 5.91 Å². The van der Waals surface area contributed by atoms with Crippen molar-refractivity contribution in [2.45, 2.75) is 44.8 Å². The number of fused-ring (bicyclic) bond motifs is 1. The molecule has 1 heterocycles. The molecule has 2 atom stereocenters. The van der Waals surface area contributed by atoms with E-state index in [1.807, 2.05) is 41.2 Å². The predicted octanol–water partition coefficient (Wildman–Crippen LogP) is 2.10. The number of nitrogens with two attached hydrogens (primary N) is 1. The molecule has 3 rings (SSSR count). The Labute approximate surface area is 130 Å². The van der Waals surface area contributed by atoms with Crippen LogP contribution in [0.5, 0.6) is 0 Å². The summed E-state index contributed by atoms with van der Waals surface area (Å²) < 4.78 is 2.05. The third kappa shape index (κ3) is 2.76. The maximum absolute atomic E-state index is 11.9. The molecule has 0 fully saturated rings. The number of hydrogen-bond donors (Lipinski definition) is 2. The predicted molar refractivity (Wildman–Crippen MR) is 85.1 cm³/mol. The summed E-state index contributed by atoms with van der Waals surface area (Å²) >= 11 is 0. The normalized spacial score (nSPS) is 18.7. The number of nitrogens with one attached hydrogen (secondary N) is 1.